The van der Waals surface area contributed by atoms with E-state index in [0.717, 1.165) is 24.9 Å². The van der Waals surface area contributed by atoms with Crippen LogP contribution in [-0.4, -0.2) is 23.4 Å². The predicted octanol–water partition coefficient (Wildman–Crippen LogP) is 1.95. The van der Waals surface area contributed by atoms with Crippen LogP contribution in [0.2, 0.25) is 10.0 Å². The van der Waals surface area contributed by atoms with Crippen LogP contribution in [0.1, 0.15) is 18.4 Å². The monoisotopic (exact) mass is 287 g/mol. The van der Waals surface area contributed by atoms with Gasteiger partial charge in [-0.25, -0.2) is 5.84 Å². The molecule has 4 nitrogen and oxygen atoms in total. The second-order valence-corrected chi connectivity index (χ2v) is 5.20. The van der Waals surface area contributed by atoms with E-state index in [4.69, 9.17) is 29.0 Å². The van der Waals surface area contributed by atoms with Crippen LogP contribution in [0, 0.1) is 0 Å². The van der Waals surface area contributed by atoms with Crippen molar-refractivity contribution >= 4 is 29.1 Å². The Morgan fingerprint density at radius 3 is 2.89 bits per heavy atom. The number of hydrazine groups is 1. The summed E-state index contributed by atoms with van der Waals surface area (Å²) >= 11 is 11.8. The molecule has 1 aliphatic heterocycles. The third-order valence-electron chi connectivity index (χ3n) is 3.18. The molecule has 1 saturated heterocycles. The van der Waals surface area contributed by atoms with Crippen molar-refractivity contribution < 1.29 is 4.79 Å². The highest BCUT2D eigenvalue weighted by Gasteiger charge is 2.30. The number of rotatable bonds is 3. The maximum atomic E-state index is 11.6. The Hall–Kier alpha value is -0.810. The minimum absolute atomic E-state index is 0.132. The molecule has 0 bridgehead atoms. The molecule has 0 aromatic heterocycles. The summed E-state index contributed by atoms with van der Waals surface area (Å²) in [6.07, 6.45) is 1.84. The van der Waals surface area contributed by atoms with Crippen LogP contribution in [0.4, 0.5) is 0 Å². The second-order valence-electron chi connectivity index (χ2n) is 4.39. The Morgan fingerprint density at radius 2 is 2.22 bits per heavy atom. The second kappa shape index (κ2) is 5.89. The predicted molar refractivity (Wildman–Crippen MR) is 72.2 cm³/mol. The molecule has 1 amide bonds. The summed E-state index contributed by atoms with van der Waals surface area (Å²) in [4.78, 5) is 13.7. The Labute approximate surface area is 116 Å². The minimum Gasteiger partial charge on any atom is -0.293 e. The lowest BCUT2D eigenvalue weighted by Gasteiger charge is -2.22. The highest BCUT2D eigenvalue weighted by atomic mass is 35.5. The molecule has 18 heavy (non-hydrogen) atoms. The minimum atomic E-state index is -0.149. The van der Waals surface area contributed by atoms with Crippen molar-refractivity contribution in [3.63, 3.8) is 0 Å². The first-order valence-corrected chi connectivity index (χ1v) is 6.56. The number of hydrogen-bond donors (Lipinski definition) is 2. The molecule has 0 spiro atoms. The number of hydrogen-bond acceptors (Lipinski definition) is 3. The molecule has 0 aliphatic carbocycles. The highest BCUT2D eigenvalue weighted by Crippen LogP contribution is 2.25. The van der Waals surface area contributed by atoms with Crippen molar-refractivity contribution in [1.82, 2.24) is 10.3 Å². The Kier molecular flexibility index (Phi) is 4.45. The van der Waals surface area contributed by atoms with Gasteiger partial charge < -0.3 is 0 Å². The largest absolute Gasteiger partial charge is 0.293 e. The van der Waals surface area contributed by atoms with Gasteiger partial charge in [-0.05, 0) is 37.1 Å². The molecule has 98 valence electrons. The summed E-state index contributed by atoms with van der Waals surface area (Å²) in [5.41, 5.74) is 3.26. The summed E-state index contributed by atoms with van der Waals surface area (Å²) in [6.45, 7) is 1.56. The summed E-state index contributed by atoms with van der Waals surface area (Å²) in [6, 6.07) is 5.38. The highest BCUT2D eigenvalue weighted by molar-refractivity contribution is 6.42. The number of likely N-dealkylation sites (tertiary alicyclic amines) is 1. The van der Waals surface area contributed by atoms with Crippen LogP contribution in [0.3, 0.4) is 0 Å². The van der Waals surface area contributed by atoms with E-state index >= 15 is 0 Å². The first-order valence-electron chi connectivity index (χ1n) is 5.80. The van der Waals surface area contributed by atoms with Gasteiger partial charge in [0.2, 0.25) is 0 Å². The van der Waals surface area contributed by atoms with Crippen molar-refractivity contribution in [2.24, 2.45) is 5.84 Å². The van der Waals surface area contributed by atoms with Crippen molar-refractivity contribution in [3.05, 3.63) is 33.8 Å². The topological polar surface area (TPSA) is 58.4 Å². The van der Waals surface area contributed by atoms with Crippen molar-refractivity contribution in [3.8, 4) is 0 Å². The van der Waals surface area contributed by atoms with E-state index in [1.54, 1.807) is 6.07 Å². The van der Waals surface area contributed by atoms with E-state index in [2.05, 4.69) is 10.3 Å². The maximum Gasteiger partial charge on any atom is 0.251 e. The van der Waals surface area contributed by atoms with Crippen molar-refractivity contribution in [2.45, 2.75) is 25.4 Å². The Balaban J connectivity index is 2.08. The normalized spacial score (nSPS) is 20.1. The molecule has 1 aromatic rings. The van der Waals surface area contributed by atoms with E-state index in [-0.39, 0.29) is 11.9 Å². The number of benzene rings is 1. The Morgan fingerprint density at radius 1 is 1.44 bits per heavy atom. The standard InChI is InChI=1S/C12H15Cl2N3O/c13-9-4-3-8(6-10(9)14)7-17-5-1-2-11(17)12(18)16-15/h3-4,6,11H,1-2,5,7,15H2,(H,16,18)/t11-/m0/s1. The molecular formula is C12H15Cl2N3O. The number of nitrogens with two attached hydrogens (primary N) is 1. The molecule has 1 fully saturated rings. The molecule has 1 aliphatic rings. The van der Waals surface area contributed by atoms with Crippen LogP contribution in [0.15, 0.2) is 18.2 Å². The van der Waals surface area contributed by atoms with Crippen molar-refractivity contribution in [2.75, 3.05) is 6.54 Å². The lowest BCUT2D eigenvalue weighted by molar-refractivity contribution is -0.125. The fourth-order valence-corrected chi connectivity index (χ4v) is 2.60. The third kappa shape index (κ3) is 2.95. The van der Waals surface area contributed by atoms with Gasteiger partial charge in [0.1, 0.15) is 0 Å². The molecule has 3 N–H and O–H groups in total. The van der Waals surface area contributed by atoms with E-state index < -0.39 is 0 Å². The molecule has 1 heterocycles. The van der Waals surface area contributed by atoms with E-state index in [9.17, 15) is 4.79 Å². The molecule has 1 aromatic carbocycles. The lowest BCUT2D eigenvalue weighted by atomic mass is 10.1. The summed E-state index contributed by atoms with van der Waals surface area (Å²) in [5, 5.41) is 1.08. The van der Waals surface area contributed by atoms with Crippen LogP contribution in [0.5, 0.6) is 0 Å². The van der Waals surface area contributed by atoms with Crippen LogP contribution < -0.4 is 11.3 Å². The van der Waals surface area contributed by atoms with E-state index in [1.807, 2.05) is 12.1 Å². The van der Waals surface area contributed by atoms with Gasteiger partial charge in [0.15, 0.2) is 0 Å². The van der Waals surface area contributed by atoms with Gasteiger partial charge in [0.05, 0.1) is 16.1 Å². The zero-order chi connectivity index (χ0) is 13.1. The third-order valence-corrected chi connectivity index (χ3v) is 3.92. The maximum absolute atomic E-state index is 11.6. The molecule has 2 rings (SSSR count). The molecule has 0 saturated carbocycles. The molecule has 1 atom stereocenters. The van der Waals surface area contributed by atoms with Gasteiger partial charge in [-0.1, -0.05) is 29.3 Å². The number of carbonyl (C=O) groups is 1. The van der Waals surface area contributed by atoms with Gasteiger partial charge in [-0.3, -0.25) is 15.1 Å². The first-order chi connectivity index (χ1) is 8.61. The van der Waals surface area contributed by atoms with E-state index in [0.29, 0.717) is 16.6 Å². The molecule has 0 unspecified atom stereocenters. The average Bonchev–Trinajstić information content (AvgIpc) is 2.81. The summed E-state index contributed by atoms with van der Waals surface area (Å²) in [7, 11) is 0. The number of nitrogens with one attached hydrogen (secondary N) is 1. The zero-order valence-electron chi connectivity index (χ0n) is 9.83. The number of carbonyl (C=O) groups excluding carboxylic acids is 1. The van der Waals surface area contributed by atoms with Crippen LogP contribution in [0.25, 0.3) is 0 Å². The number of nitrogens with zero attached hydrogens (tertiary/aromatic N) is 1. The van der Waals surface area contributed by atoms with Gasteiger partial charge in [0, 0.05) is 6.54 Å². The SMILES string of the molecule is NNC(=O)[C@@H]1CCCN1Cc1ccc(Cl)c(Cl)c1. The smallest absolute Gasteiger partial charge is 0.251 e. The molecule has 0 radical (unpaired) electrons. The zero-order valence-corrected chi connectivity index (χ0v) is 11.3. The summed E-state index contributed by atoms with van der Waals surface area (Å²) < 4.78 is 0. The fourth-order valence-electron chi connectivity index (χ4n) is 2.28. The van der Waals surface area contributed by atoms with Crippen LogP contribution >= 0.6 is 23.2 Å². The lowest BCUT2D eigenvalue weighted by Crippen LogP contribution is -2.45. The average molecular weight is 288 g/mol. The fraction of sp³-hybridized carbons (Fsp3) is 0.417. The Bertz CT molecular complexity index is 453. The number of amides is 1. The van der Waals surface area contributed by atoms with Crippen molar-refractivity contribution in [1.29, 1.82) is 0 Å². The quantitative estimate of drug-likeness (QED) is 0.508. The van der Waals surface area contributed by atoms with Gasteiger partial charge in [-0.2, -0.15) is 0 Å². The summed E-state index contributed by atoms with van der Waals surface area (Å²) in [5.74, 6) is 5.05. The molecule has 6 heteroatoms. The first kappa shape index (κ1) is 13.6. The molecular weight excluding hydrogens is 273 g/mol. The number of halogens is 2. The van der Waals surface area contributed by atoms with E-state index in [1.165, 1.54) is 0 Å². The van der Waals surface area contributed by atoms with Gasteiger partial charge >= 0.3 is 0 Å². The van der Waals surface area contributed by atoms with Gasteiger partial charge in [0.25, 0.3) is 5.91 Å². The van der Waals surface area contributed by atoms with Crippen LogP contribution in [-0.2, 0) is 11.3 Å². The van der Waals surface area contributed by atoms with Gasteiger partial charge in [-0.15, -0.1) is 0 Å².